The van der Waals surface area contributed by atoms with Crippen LogP contribution in [0.1, 0.15) is 57.4 Å². The Balaban J connectivity index is 1.92. The second-order valence-corrected chi connectivity index (χ2v) is 5.93. The molecule has 1 aromatic rings. The fourth-order valence-electron chi connectivity index (χ4n) is 2.89. The lowest BCUT2D eigenvalue weighted by molar-refractivity contribution is 0.626. The molecular weight excluding hydrogens is 254 g/mol. The number of hydrogen-bond donors (Lipinski definition) is 0. The van der Waals surface area contributed by atoms with Crippen LogP contribution < -0.4 is 0 Å². The Hall–Kier alpha value is -1.81. The standard InChI is InChI=1S/C20H25N/c1-2-3-4-5-7-10-18-13-15-20(17-21,16-14-18)19-11-8-6-9-12-19/h6,8-9,11-15H,2-5,7,10,16H2,1H3. The molecule has 1 heteroatoms. The van der Waals surface area contributed by atoms with Gasteiger partial charge in [-0.25, -0.2) is 0 Å². The van der Waals surface area contributed by atoms with Crippen LogP contribution >= 0.6 is 0 Å². The normalized spacial score (nSPS) is 20.9. The molecule has 0 heterocycles. The van der Waals surface area contributed by atoms with Crippen LogP contribution in [0.5, 0.6) is 0 Å². The Bertz CT molecular complexity index is 533. The first-order valence-corrected chi connectivity index (χ1v) is 8.16. The number of rotatable bonds is 7. The Labute approximate surface area is 129 Å². The van der Waals surface area contributed by atoms with Gasteiger partial charge in [0.05, 0.1) is 6.07 Å². The van der Waals surface area contributed by atoms with Crippen LogP contribution in [0.2, 0.25) is 0 Å². The van der Waals surface area contributed by atoms with Crippen LogP contribution in [-0.4, -0.2) is 0 Å². The first-order chi connectivity index (χ1) is 10.3. The number of unbranched alkanes of at least 4 members (excludes halogenated alkanes) is 4. The third-order valence-electron chi connectivity index (χ3n) is 4.33. The summed E-state index contributed by atoms with van der Waals surface area (Å²) >= 11 is 0. The van der Waals surface area contributed by atoms with Gasteiger partial charge in [-0.2, -0.15) is 5.26 Å². The molecule has 0 fully saturated rings. The summed E-state index contributed by atoms with van der Waals surface area (Å²) in [6, 6.07) is 12.6. The van der Waals surface area contributed by atoms with Crippen LogP contribution in [0.25, 0.3) is 0 Å². The van der Waals surface area contributed by atoms with Crippen LogP contribution in [0.3, 0.4) is 0 Å². The summed E-state index contributed by atoms with van der Waals surface area (Å²) in [6.07, 6.45) is 15.1. The molecule has 1 atom stereocenters. The zero-order chi connectivity index (χ0) is 15.0. The van der Waals surface area contributed by atoms with Gasteiger partial charge in [0.2, 0.25) is 0 Å². The Morgan fingerprint density at radius 1 is 1.10 bits per heavy atom. The Morgan fingerprint density at radius 3 is 2.48 bits per heavy atom. The maximum Gasteiger partial charge on any atom is 0.104 e. The Morgan fingerprint density at radius 2 is 1.86 bits per heavy atom. The number of nitriles is 1. The van der Waals surface area contributed by atoms with Crippen LogP contribution in [0.4, 0.5) is 0 Å². The van der Waals surface area contributed by atoms with Gasteiger partial charge in [0.15, 0.2) is 0 Å². The molecule has 0 bridgehead atoms. The van der Waals surface area contributed by atoms with Crippen molar-refractivity contribution in [3.05, 3.63) is 59.7 Å². The first-order valence-electron chi connectivity index (χ1n) is 8.16. The second-order valence-electron chi connectivity index (χ2n) is 5.93. The molecule has 0 amide bonds. The minimum atomic E-state index is -0.465. The van der Waals surface area contributed by atoms with Crippen molar-refractivity contribution in [2.24, 2.45) is 0 Å². The lowest BCUT2D eigenvalue weighted by Crippen LogP contribution is -2.22. The number of benzene rings is 1. The molecule has 1 nitrogen and oxygen atoms in total. The van der Waals surface area contributed by atoms with Crippen molar-refractivity contribution >= 4 is 0 Å². The summed E-state index contributed by atoms with van der Waals surface area (Å²) in [7, 11) is 0. The van der Waals surface area contributed by atoms with Crippen molar-refractivity contribution in [3.8, 4) is 6.07 Å². The third kappa shape index (κ3) is 4.08. The molecule has 21 heavy (non-hydrogen) atoms. The molecule has 0 aliphatic heterocycles. The summed E-state index contributed by atoms with van der Waals surface area (Å²) in [5.74, 6) is 0. The molecular formula is C20H25N. The summed E-state index contributed by atoms with van der Waals surface area (Å²) < 4.78 is 0. The van der Waals surface area contributed by atoms with E-state index in [1.54, 1.807) is 0 Å². The molecule has 110 valence electrons. The van der Waals surface area contributed by atoms with Crippen LogP contribution in [-0.2, 0) is 5.41 Å². The maximum atomic E-state index is 9.62. The summed E-state index contributed by atoms with van der Waals surface area (Å²) in [4.78, 5) is 0. The Kier molecular flexibility index (Phi) is 5.81. The number of allylic oxidation sites excluding steroid dienone is 4. The van der Waals surface area contributed by atoms with Gasteiger partial charge in [0, 0.05) is 0 Å². The SMILES string of the molecule is CCCCCCCC1=CCC(C#N)(c2ccccc2)C=C1. The predicted molar refractivity (Wildman–Crippen MR) is 88.9 cm³/mol. The van der Waals surface area contributed by atoms with Gasteiger partial charge in [-0.15, -0.1) is 0 Å². The van der Waals surface area contributed by atoms with E-state index in [0.717, 1.165) is 18.4 Å². The van der Waals surface area contributed by atoms with Gasteiger partial charge < -0.3 is 0 Å². The molecule has 0 N–H and O–H groups in total. The maximum absolute atomic E-state index is 9.62. The molecule has 0 radical (unpaired) electrons. The number of hydrogen-bond acceptors (Lipinski definition) is 1. The topological polar surface area (TPSA) is 23.8 Å². The molecule has 0 spiro atoms. The summed E-state index contributed by atoms with van der Waals surface area (Å²) in [5.41, 5.74) is 2.03. The summed E-state index contributed by atoms with van der Waals surface area (Å²) in [6.45, 7) is 2.25. The van der Waals surface area contributed by atoms with E-state index in [4.69, 9.17) is 0 Å². The van der Waals surface area contributed by atoms with Gasteiger partial charge in [-0.1, -0.05) is 86.7 Å². The van der Waals surface area contributed by atoms with Gasteiger partial charge in [-0.3, -0.25) is 0 Å². The van der Waals surface area contributed by atoms with E-state index in [-0.39, 0.29) is 0 Å². The van der Waals surface area contributed by atoms with Crippen molar-refractivity contribution in [1.82, 2.24) is 0 Å². The van der Waals surface area contributed by atoms with E-state index in [2.05, 4.69) is 43.4 Å². The lowest BCUT2D eigenvalue weighted by atomic mass is 9.75. The van der Waals surface area contributed by atoms with E-state index in [1.807, 2.05) is 18.2 Å². The van der Waals surface area contributed by atoms with Gasteiger partial charge in [-0.05, 0) is 24.8 Å². The molecule has 1 aliphatic rings. The average Bonchev–Trinajstić information content (AvgIpc) is 2.56. The smallest absolute Gasteiger partial charge is 0.104 e. The molecule has 1 unspecified atom stereocenters. The second kappa shape index (κ2) is 7.84. The van der Waals surface area contributed by atoms with E-state index in [0.29, 0.717) is 0 Å². The molecule has 1 aliphatic carbocycles. The third-order valence-corrected chi connectivity index (χ3v) is 4.33. The van der Waals surface area contributed by atoms with Gasteiger partial charge in [0.25, 0.3) is 0 Å². The molecule has 2 rings (SSSR count). The largest absolute Gasteiger partial charge is 0.197 e. The first kappa shape index (κ1) is 15.6. The average molecular weight is 279 g/mol. The molecule has 0 aromatic heterocycles. The van der Waals surface area contributed by atoms with E-state index >= 15 is 0 Å². The van der Waals surface area contributed by atoms with Crippen molar-refractivity contribution in [2.45, 2.75) is 57.3 Å². The minimum absolute atomic E-state index is 0.465. The highest BCUT2D eigenvalue weighted by Gasteiger charge is 2.29. The van der Waals surface area contributed by atoms with Crippen molar-refractivity contribution in [2.75, 3.05) is 0 Å². The highest BCUT2D eigenvalue weighted by molar-refractivity contribution is 5.44. The summed E-state index contributed by atoms with van der Waals surface area (Å²) in [5, 5.41) is 9.62. The zero-order valence-electron chi connectivity index (χ0n) is 13.0. The monoisotopic (exact) mass is 279 g/mol. The van der Waals surface area contributed by atoms with E-state index in [1.165, 1.54) is 37.7 Å². The van der Waals surface area contributed by atoms with Crippen LogP contribution in [0, 0.1) is 11.3 Å². The van der Waals surface area contributed by atoms with E-state index in [9.17, 15) is 5.26 Å². The van der Waals surface area contributed by atoms with Gasteiger partial charge in [0.1, 0.15) is 5.41 Å². The minimum Gasteiger partial charge on any atom is -0.197 e. The zero-order valence-corrected chi connectivity index (χ0v) is 13.0. The molecule has 1 aromatic carbocycles. The van der Waals surface area contributed by atoms with Gasteiger partial charge >= 0.3 is 0 Å². The number of nitrogens with zero attached hydrogens (tertiary/aromatic N) is 1. The highest BCUT2D eigenvalue weighted by atomic mass is 14.4. The van der Waals surface area contributed by atoms with Crippen LogP contribution in [0.15, 0.2) is 54.1 Å². The fourth-order valence-corrected chi connectivity index (χ4v) is 2.89. The van der Waals surface area contributed by atoms with Crippen molar-refractivity contribution in [1.29, 1.82) is 5.26 Å². The molecule has 0 saturated carbocycles. The molecule has 0 saturated heterocycles. The van der Waals surface area contributed by atoms with Crippen molar-refractivity contribution in [3.63, 3.8) is 0 Å². The van der Waals surface area contributed by atoms with E-state index < -0.39 is 5.41 Å². The fraction of sp³-hybridized carbons (Fsp3) is 0.450. The predicted octanol–water partition coefficient (Wildman–Crippen LogP) is 5.69. The quantitative estimate of drug-likeness (QED) is 0.588. The highest BCUT2D eigenvalue weighted by Crippen LogP contribution is 2.34. The van der Waals surface area contributed by atoms with Crippen molar-refractivity contribution < 1.29 is 0 Å². The lowest BCUT2D eigenvalue weighted by Gasteiger charge is -2.25.